The number of hydrogen-bond acceptors (Lipinski definition) is 4. The Bertz CT molecular complexity index is 999. The van der Waals surface area contributed by atoms with Crippen molar-refractivity contribution in [2.45, 2.75) is 38.5 Å². The summed E-state index contributed by atoms with van der Waals surface area (Å²) in [6.45, 7) is 4.75. The molecule has 2 heterocycles. The molecule has 1 N–H and O–H groups in total. The molecule has 1 saturated heterocycles. The topological polar surface area (TPSA) is 54.7 Å². The molecule has 29 heavy (non-hydrogen) atoms. The van der Waals surface area contributed by atoms with E-state index in [0.717, 1.165) is 48.9 Å². The quantitative estimate of drug-likeness (QED) is 0.674. The summed E-state index contributed by atoms with van der Waals surface area (Å²) in [5, 5.41) is 12.3. The van der Waals surface area contributed by atoms with Crippen LogP contribution in [0.3, 0.4) is 0 Å². The van der Waals surface area contributed by atoms with E-state index >= 15 is 0 Å². The molecule has 2 aromatic carbocycles. The fraction of sp³-hybridized carbons (Fsp3) is 0.375. The normalized spacial score (nSPS) is 16.8. The lowest BCUT2D eigenvalue weighted by atomic mass is 9.84. The molecule has 0 unspecified atom stereocenters. The first-order valence-electron chi connectivity index (χ1n) is 10.1. The highest BCUT2D eigenvalue weighted by Crippen LogP contribution is 2.34. The van der Waals surface area contributed by atoms with Crippen LogP contribution >= 0.6 is 0 Å². The van der Waals surface area contributed by atoms with E-state index in [1.54, 1.807) is 0 Å². The first kappa shape index (κ1) is 19.7. The number of hydrogen-bond donors (Lipinski definition) is 1. The van der Waals surface area contributed by atoms with Crippen molar-refractivity contribution < 1.29 is 14.6 Å². The maximum Gasteiger partial charge on any atom is 0.325 e. The lowest BCUT2D eigenvalue weighted by Crippen LogP contribution is -2.42. The lowest BCUT2D eigenvalue weighted by molar-refractivity contribution is -0.141. The third-order valence-electron chi connectivity index (χ3n) is 6.06. The van der Waals surface area contributed by atoms with Crippen molar-refractivity contribution in [3.05, 3.63) is 71.4 Å². The molecule has 1 aromatic heterocycles. The Balaban J connectivity index is 1.49. The first-order chi connectivity index (χ1) is 14.0. The fourth-order valence-electron chi connectivity index (χ4n) is 4.26. The number of piperidine rings is 1. The number of aryl methyl sites for hydroxylation is 1. The van der Waals surface area contributed by atoms with E-state index in [1.807, 2.05) is 34.9 Å². The number of likely N-dealkylation sites (tertiary alicyclic amines) is 1. The Kier molecular flexibility index (Phi) is 5.43. The van der Waals surface area contributed by atoms with Gasteiger partial charge in [0, 0.05) is 36.7 Å². The number of rotatable bonds is 5. The number of esters is 1. The zero-order valence-electron chi connectivity index (χ0n) is 17.1. The van der Waals surface area contributed by atoms with Gasteiger partial charge in [-0.05, 0) is 37.0 Å². The SMILES string of the molecule is COC(=O)Cn1cc(CN2CCC(O)(c3ccc(C)cc3)CC2)c2ccccc21. The number of para-hydroxylation sites is 1. The second-order valence-electron chi connectivity index (χ2n) is 8.05. The van der Waals surface area contributed by atoms with Gasteiger partial charge >= 0.3 is 5.97 Å². The van der Waals surface area contributed by atoms with Crippen molar-refractivity contribution in [2.75, 3.05) is 20.2 Å². The predicted octanol–water partition coefficient (Wildman–Crippen LogP) is 3.61. The predicted molar refractivity (Wildman–Crippen MR) is 114 cm³/mol. The van der Waals surface area contributed by atoms with Gasteiger partial charge in [0.1, 0.15) is 6.54 Å². The number of carbonyl (C=O) groups excluding carboxylic acids is 1. The van der Waals surface area contributed by atoms with Gasteiger partial charge in [-0.25, -0.2) is 0 Å². The van der Waals surface area contributed by atoms with E-state index < -0.39 is 5.60 Å². The molecule has 0 saturated carbocycles. The number of aromatic nitrogens is 1. The Labute approximate surface area is 171 Å². The molecule has 1 aliphatic heterocycles. The second-order valence-corrected chi connectivity index (χ2v) is 8.05. The summed E-state index contributed by atoms with van der Waals surface area (Å²) in [7, 11) is 1.41. The summed E-state index contributed by atoms with van der Waals surface area (Å²) >= 11 is 0. The van der Waals surface area contributed by atoms with Crippen LogP contribution in [0.1, 0.15) is 29.5 Å². The van der Waals surface area contributed by atoms with Crippen molar-refractivity contribution in [3.8, 4) is 0 Å². The number of fused-ring (bicyclic) bond motifs is 1. The molecular weight excluding hydrogens is 364 g/mol. The Hall–Kier alpha value is -2.63. The number of benzene rings is 2. The van der Waals surface area contributed by atoms with Crippen LogP contribution in [0.4, 0.5) is 0 Å². The molecule has 4 rings (SSSR count). The van der Waals surface area contributed by atoms with E-state index in [2.05, 4.69) is 36.2 Å². The Morgan fingerprint density at radius 1 is 1.10 bits per heavy atom. The van der Waals surface area contributed by atoms with Crippen molar-refractivity contribution in [2.24, 2.45) is 0 Å². The Morgan fingerprint density at radius 3 is 2.48 bits per heavy atom. The third kappa shape index (κ3) is 4.07. The van der Waals surface area contributed by atoms with Crippen molar-refractivity contribution in [3.63, 3.8) is 0 Å². The van der Waals surface area contributed by atoms with Crippen LogP contribution in [-0.2, 0) is 28.2 Å². The van der Waals surface area contributed by atoms with E-state index in [4.69, 9.17) is 4.74 Å². The molecule has 0 bridgehead atoms. The molecule has 5 nitrogen and oxygen atoms in total. The molecule has 1 aliphatic rings. The summed E-state index contributed by atoms with van der Waals surface area (Å²) in [6.07, 6.45) is 3.50. The molecular formula is C24H28N2O3. The number of ether oxygens (including phenoxy) is 1. The van der Waals surface area contributed by atoms with Gasteiger partial charge in [-0.15, -0.1) is 0 Å². The van der Waals surface area contributed by atoms with Crippen molar-refractivity contribution in [1.29, 1.82) is 0 Å². The number of carbonyl (C=O) groups is 1. The number of aliphatic hydroxyl groups is 1. The minimum absolute atomic E-state index is 0.212. The molecule has 0 spiro atoms. The maximum atomic E-state index is 11.8. The van der Waals surface area contributed by atoms with Gasteiger partial charge in [0.25, 0.3) is 0 Å². The van der Waals surface area contributed by atoms with E-state index in [9.17, 15) is 9.90 Å². The maximum absolute atomic E-state index is 11.8. The van der Waals surface area contributed by atoms with Crippen LogP contribution in [0, 0.1) is 6.92 Å². The number of methoxy groups -OCH3 is 1. The average Bonchev–Trinajstić information content (AvgIpc) is 3.07. The second kappa shape index (κ2) is 8.01. The average molecular weight is 392 g/mol. The molecule has 0 atom stereocenters. The van der Waals surface area contributed by atoms with Crippen molar-refractivity contribution in [1.82, 2.24) is 9.47 Å². The first-order valence-corrected chi connectivity index (χ1v) is 10.1. The summed E-state index contributed by atoms with van der Waals surface area (Å²) in [4.78, 5) is 14.2. The Morgan fingerprint density at radius 2 is 1.79 bits per heavy atom. The monoisotopic (exact) mass is 392 g/mol. The highest BCUT2D eigenvalue weighted by molar-refractivity contribution is 5.85. The zero-order valence-corrected chi connectivity index (χ0v) is 17.1. The summed E-state index contributed by atoms with van der Waals surface area (Å²) in [5.74, 6) is -0.251. The summed E-state index contributed by atoms with van der Waals surface area (Å²) in [5.41, 5.74) is 3.71. The van der Waals surface area contributed by atoms with Gasteiger partial charge in [0.2, 0.25) is 0 Å². The van der Waals surface area contributed by atoms with Crippen LogP contribution in [0.15, 0.2) is 54.7 Å². The van der Waals surface area contributed by atoms with Gasteiger partial charge in [-0.1, -0.05) is 48.0 Å². The molecule has 5 heteroatoms. The van der Waals surface area contributed by atoms with Crippen molar-refractivity contribution >= 4 is 16.9 Å². The molecule has 152 valence electrons. The zero-order chi connectivity index (χ0) is 20.4. The third-order valence-corrected chi connectivity index (χ3v) is 6.06. The standard InChI is InChI=1S/C24H28N2O3/c1-18-7-9-20(10-8-18)24(28)11-13-25(14-12-24)15-19-16-26(17-23(27)29-2)22-6-4-3-5-21(19)22/h3-10,16,28H,11-15,17H2,1-2H3. The van der Waals surface area contributed by atoms with Crippen LogP contribution in [0.25, 0.3) is 10.9 Å². The van der Waals surface area contributed by atoms with Gasteiger partial charge in [-0.2, -0.15) is 0 Å². The minimum atomic E-state index is -0.747. The number of nitrogens with zero attached hydrogens (tertiary/aromatic N) is 2. The minimum Gasteiger partial charge on any atom is -0.468 e. The smallest absolute Gasteiger partial charge is 0.325 e. The molecule has 3 aromatic rings. The fourth-order valence-corrected chi connectivity index (χ4v) is 4.26. The molecule has 1 fully saturated rings. The highest BCUT2D eigenvalue weighted by atomic mass is 16.5. The summed E-state index contributed by atoms with van der Waals surface area (Å²) < 4.78 is 6.80. The summed E-state index contributed by atoms with van der Waals surface area (Å²) in [6, 6.07) is 16.4. The van der Waals surface area contributed by atoms with E-state index in [-0.39, 0.29) is 12.5 Å². The molecule has 0 amide bonds. The van der Waals surface area contributed by atoms with Crippen LogP contribution in [0.2, 0.25) is 0 Å². The van der Waals surface area contributed by atoms with Gasteiger partial charge in [0.15, 0.2) is 0 Å². The largest absolute Gasteiger partial charge is 0.468 e. The molecule has 0 aliphatic carbocycles. The van der Waals surface area contributed by atoms with Gasteiger partial charge in [0.05, 0.1) is 12.7 Å². The lowest BCUT2D eigenvalue weighted by Gasteiger charge is -2.38. The van der Waals surface area contributed by atoms with Crippen LogP contribution in [-0.4, -0.2) is 40.7 Å². The van der Waals surface area contributed by atoms with E-state index in [0.29, 0.717) is 0 Å². The van der Waals surface area contributed by atoms with E-state index in [1.165, 1.54) is 18.2 Å². The van der Waals surface area contributed by atoms with Gasteiger partial charge < -0.3 is 14.4 Å². The van der Waals surface area contributed by atoms with Crippen LogP contribution in [0.5, 0.6) is 0 Å². The van der Waals surface area contributed by atoms with Crippen LogP contribution < -0.4 is 0 Å². The molecule has 0 radical (unpaired) electrons. The highest BCUT2D eigenvalue weighted by Gasteiger charge is 2.34. The van der Waals surface area contributed by atoms with Gasteiger partial charge in [-0.3, -0.25) is 9.69 Å².